The molecule has 1 aromatic rings. The maximum Gasteiger partial charge on any atom is 0.131 e. The van der Waals surface area contributed by atoms with Crippen molar-refractivity contribution in [3.05, 3.63) is 24.2 Å². The zero-order chi connectivity index (χ0) is 9.47. The van der Waals surface area contributed by atoms with Gasteiger partial charge in [-0.05, 0) is 26.0 Å². The molecule has 0 aromatic carbocycles. The minimum Gasteiger partial charge on any atom is -0.467 e. The number of hydrogen-bond donors (Lipinski definition) is 0. The second kappa shape index (κ2) is 2.62. The van der Waals surface area contributed by atoms with Crippen molar-refractivity contribution in [2.75, 3.05) is 7.05 Å². The predicted molar refractivity (Wildman–Crippen MR) is 51.5 cm³/mol. The Morgan fingerprint density at radius 2 is 2.38 bits per heavy atom. The molecule has 3 heteroatoms. The Morgan fingerprint density at radius 3 is 2.85 bits per heavy atom. The molecule has 1 atom stereocenters. The summed E-state index contributed by atoms with van der Waals surface area (Å²) in [6.07, 6.45) is 2.65. The Kier molecular flexibility index (Phi) is 1.68. The Hall–Kier alpha value is -1.25. The van der Waals surface area contributed by atoms with Crippen molar-refractivity contribution in [3.63, 3.8) is 0 Å². The van der Waals surface area contributed by atoms with Gasteiger partial charge in [-0.3, -0.25) is 5.01 Å². The van der Waals surface area contributed by atoms with E-state index in [0.29, 0.717) is 0 Å². The number of rotatable bonds is 1. The van der Waals surface area contributed by atoms with Gasteiger partial charge in [-0.15, -0.1) is 0 Å². The first-order chi connectivity index (χ1) is 6.13. The van der Waals surface area contributed by atoms with Gasteiger partial charge >= 0.3 is 0 Å². The smallest absolute Gasteiger partial charge is 0.131 e. The summed E-state index contributed by atoms with van der Waals surface area (Å²) in [6, 6.07) is 3.92. The second-order valence-electron chi connectivity index (χ2n) is 3.79. The average Bonchev–Trinajstić information content (AvgIpc) is 2.61. The quantitative estimate of drug-likeness (QED) is 0.659. The molecular formula is C10H14N2O. The minimum atomic E-state index is -0.0897. The fourth-order valence-electron chi connectivity index (χ4n) is 1.85. The highest BCUT2D eigenvalue weighted by molar-refractivity contribution is 5.84. The van der Waals surface area contributed by atoms with Crippen LogP contribution in [0.4, 0.5) is 0 Å². The zero-order valence-corrected chi connectivity index (χ0v) is 8.24. The number of hydrogen-bond acceptors (Lipinski definition) is 3. The fourth-order valence-corrected chi connectivity index (χ4v) is 1.85. The van der Waals surface area contributed by atoms with Crippen LogP contribution in [0.25, 0.3) is 0 Å². The molecule has 0 aliphatic carbocycles. The largest absolute Gasteiger partial charge is 0.467 e. The summed E-state index contributed by atoms with van der Waals surface area (Å²) in [5, 5.41) is 6.36. The summed E-state index contributed by atoms with van der Waals surface area (Å²) < 4.78 is 5.42. The van der Waals surface area contributed by atoms with E-state index in [9.17, 15) is 0 Å². The van der Waals surface area contributed by atoms with Crippen LogP contribution in [0.15, 0.2) is 27.9 Å². The van der Waals surface area contributed by atoms with Crippen molar-refractivity contribution < 1.29 is 4.42 Å². The maximum absolute atomic E-state index is 5.42. The Bertz CT molecular complexity index is 329. The lowest BCUT2D eigenvalue weighted by atomic mass is 9.93. The SMILES string of the molecule is CC1=NN(C)C(C)(c2ccco2)C1. The van der Waals surface area contributed by atoms with E-state index >= 15 is 0 Å². The molecule has 70 valence electrons. The molecule has 0 saturated carbocycles. The summed E-state index contributed by atoms with van der Waals surface area (Å²) in [5.41, 5.74) is 1.06. The molecule has 1 unspecified atom stereocenters. The molecule has 1 aliphatic rings. The highest BCUT2D eigenvalue weighted by Crippen LogP contribution is 2.35. The number of hydrazone groups is 1. The molecule has 0 N–H and O–H groups in total. The van der Waals surface area contributed by atoms with E-state index in [4.69, 9.17) is 4.42 Å². The molecule has 0 amide bonds. The third-order valence-corrected chi connectivity index (χ3v) is 2.69. The van der Waals surface area contributed by atoms with E-state index in [1.165, 1.54) is 0 Å². The Labute approximate surface area is 78.0 Å². The first-order valence-corrected chi connectivity index (χ1v) is 4.45. The van der Waals surface area contributed by atoms with Crippen molar-refractivity contribution in [1.29, 1.82) is 0 Å². The van der Waals surface area contributed by atoms with Crippen LogP contribution in [0, 0.1) is 0 Å². The summed E-state index contributed by atoms with van der Waals surface area (Å²) in [4.78, 5) is 0. The monoisotopic (exact) mass is 178 g/mol. The van der Waals surface area contributed by atoms with Gasteiger partial charge in [0.05, 0.1) is 6.26 Å². The second-order valence-corrected chi connectivity index (χ2v) is 3.79. The van der Waals surface area contributed by atoms with E-state index < -0.39 is 0 Å². The van der Waals surface area contributed by atoms with Gasteiger partial charge in [0.1, 0.15) is 11.3 Å². The van der Waals surface area contributed by atoms with Crippen LogP contribution in [0.2, 0.25) is 0 Å². The molecular weight excluding hydrogens is 164 g/mol. The molecule has 0 bridgehead atoms. The minimum absolute atomic E-state index is 0.0897. The van der Waals surface area contributed by atoms with E-state index in [1.54, 1.807) is 6.26 Å². The van der Waals surface area contributed by atoms with Crippen LogP contribution in [0.1, 0.15) is 26.0 Å². The highest BCUT2D eigenvalue weighted by Gasteiger charge is 2.38. The predicted octanol–water partition coefficient (Wildman–Crippen LogP) is 2.21. The van der Waals surface area contributed by atoms with Gasteiger partial charge in [-0.25, -0.2) is 0 Å². The molecule has 0 saturated heterocycles. The van der Waals surface area contributed by atoms with Gasteiger partial charge in [-0.1, -0.05) is 0 Å². The standard InChI is InChI=1S/C10H14N2O/c1-8-7-10(2,12(3)11-8)9-5-4-6-13-9/h4-6H,7H2,1-3H3. The van der Waals surface area contributed by atoms with Crippen molar-refractivity contribution in [3.8, 4) is 0 Å². The van der Waals surface area contributed by atoms with Crippen molar-refractivity contribution in [2.24, 2.45) is 5.10 Å². The molecule has 0 spiro atoms. The molecule has 0 radical (unpaired) electrons. The van der Waals surface area contributed by atoms with Crippen LogP contribution in [-0.2, 0) is 5.54 Å². The molecule has 1 aromatic heterocycles. The lowest BCUT2D eigenvalue weighted by Crippen LogP contribution is -2.33. The summed E-state index contributed by atoms with van der Waals surface area (Å²) in [7, 11) is 1.99. The zero-order valence-electron chi connectivity index (χ0n) is 8.24. The van der Waals surface area contributed by atoms with Gasteiger partial charge in [0.15, 0.2) is 0 Å². The third-order valence-electron chi connectivity index (χ3n) is 2.69. The van der Waals surface area contributed by atoms with Gasteiger partial charge in [0.2, 0.25) is 0 Å². The van der Waals surface area contributed by atoms with Crippen LogP contribution in [-0.4, -0.2) is 17.8 Å². The molecule has 1 aliphatic heterocycles. The van der Waals surface area contributed by atoms with Gasteiger partial charge in [0.25, 0.3) is 0 Å². The molecule has 3 nitrogen and oxygen atoms in total. The van der Waals surface area contributed by atoms with E-state index in [2.05, 4.69) is 12.0 Å². The van der Waals surface area contributed by atoms with Gasteiger partial charge < -0.3 is 4.42 Å². The topological polar surface area (TPSA) is 28.7 Å². The molecule has 0 fully saturated rings. The van der Waals surface area contributed by atoms with Crippen molar-refractivity contribution >= 4 is 5.71 Å². The van der Waals surface area contributed by atoms with Crippen molar-refractivity contribution in [1.82, 2.24) is 5.01 Å². The normalized spacial score (nSPS) is 27.9. The van der Waals surface area contributed by atoms with E-state index in [1.807, 2.05) is 31.1 Å². The molecule has 2 heterocycles. The molecule has 13 heavy (non-hydrogen) atoms. The van der Waals surface area contributed by atoms with Crippen LogP contribution in [0.5, 0.6) is 0 Å². The maximum atomic E-state index is 5.42. The summed E-state index contributed by atoms with van der Waals surface area (Å²) in [5.74, 6) is 0.982. The summed E-state index contributed by atoms with van der Waals surface area (Å²) >= 11 is 0. The van der Waals surface area contributed by atoms with Gasteiger partial charge in [0, 0.05) is 19.2 Å². The Balaban J connectivity index is 2.34. The summed E-state index contributed by atoms with van der Waals surface area (Å²) in [6.45, 7) is 4.19. The third kappa shape index (κ3) is 1.15. The molecule has 2 rings (SSSR count). The van der Waals surface area contributed by atoms with Crippen LogP contribution >= 0.6 is 0 Å². The Morgan fingerprint density at radius 1 is 1.62 bits per heavy atom. The highest BCUT2D eigenvalue weighted by atomic mass is 16.3. The van der Waals surface area contributed by atoms with Crippen molar-refractivity contribution in [2.45, 2.75) is 25.8 Å². The first kappa shape index (κ1) is 8.35. The lowest BCUT2D eigenvalue weighted by molar-refractivity contribution is 0.143. The van der Waals surface area contributed by atoms with E-state index in [-0.39, 0.29) is 5.54 Å². The van der Waals surface area contributed by atoms with Gasteiger partial charge in [-0.2, -0.15) is 5.10 Å². The van der Waals surface area contributed by atoms with Crippen LogP contribution < -0.4 is 0 Å². The number of furan rings is 1. The lowest BCUT2D eigenvalue weighted by Gasteiger charge is -2.29. The fraction of sp³-hybridized carbons (Fsp3) is 0.500. The number of nitrogens with zero attached hydrogens (tertiary/aromatic N) is 2. The average molecular weight is 178 g/mol. The van der Waals surface area contributed by atoms with E-state index in [0.717, 1.165) is 17.9 Å². The van der Waals surface area contributed by atoms with Crippen LogP contribution in [0.3, 0.4) is 0 Å². The first-order valence-electron chi connectivity index (χ1n) is 4.45.